The molecule has 0 heteroatoms. The highest BCUT2D eigenvalue weighted by molar-refractivity contribution is 6.00. The summed E-state index contributed by atoms with van der Waals surface area (Å²) in [6.45, 7) is 2.17. The van der Waals surface area contributed by atoms with Crippen LogP contribution < -0.4 is 0 Å². The smallest absolute Gasteiger partial charge is 0.0103 e. The molecular formula is C21H16. The Morgan fingerprint density at radius 1 is 0.571 bits per heavy atom. The first-order chi connectivity index (χ1) is 10.3. The third-order valence-corrected chi connectivity index (χ3v) is 4.20. The fourth-order valence-corrected chi connectivity index (χ4v) is 3.06. The van der Waals surface area contributed by atoms with Gasteiger partial charge in [-0.2, -0.15) is 0 Å². The van der Waals surface area contributed by atoms with E-state index in [4.69, 9.17) is 0 Å². The number of hydrogen-bond donors (Lipinski definition) is 0. The minimum absolute atomic E-state index is 1.28. The lowest BCUT2D eigenvalue weighted by atomic mass is 9.94. The molecule has 0 saturated carbocycles. The molecule has 0 heterocycles. The van der Waals surface area contributed by atoms with Gasteiger partial charge in [0.1, 0.15) is 0 Å². The van der Waals surface area contributed by atoms with Gasteiger partial charge in [-0.1, -0.05) is 72.8 Å². The minimum atomic E-state index is 1.28. The lowest BCUT2D eigenvalue weighted by Crippen LogP contribution is -1.84. The summed E-state index contributed by atoms with van der Waals surface area (Å²) in [5.41, 5.74) is 3.92. The van der Waals surface area contributed by atoms with Crippen molar-refractivity contribution >= 4 is 21.5 Å². The van der Waals surface area contributed by atoms with Gasteiger partial charge in [0.05, 0.1) is 0 Å². The Bertz CT molecular complexity index is 948. The lowest BCUT2D eigenvalue weighted by molar-refractivity contribution is 1.53. The van der Waals surface area contributed by atoms with Crippen LogP contribution in [-0.4, -0.2) is 0 Å². The van der Waals surface area contributed by atoms with Crippen molar-refractivity contribution in [3.05, 3.63) is 84.4 Å². The van der Waals surface area contributed by atoms with Gasteiger partial charge in [0.2, 0.25) is 0 Å². The van der Waals surface area contributed by atoms with Gasteiger partial charge in [-0.3, -0.25) is 0 Å². The molecule has 0 saturated heterocycles. The van der Waals surface area contributed by atoms with Gasteiger partial charge in [0.15, 0.2) is 0 Å². The van der Waals surface area contributed by atoms with Crippen molar-refractivity contribution in [2.45, 2.75) is 6.92 Å². The summed E-state index contributed by atoms with van der Waals surface area (Å²) in [7, 11) is 0. The zero-order valence-electron chi connectivity index (χ0n) is 12.0. The van der Waals surface area contributed by atoms with Crippen LogP contribution in [0.4, 0.5) is 0 Å². The Balaban J connectivity index is 2.02. The second-order valence-electron chi connectivity index (χ2n) is 5.54. The van der Waals surface area contributed by atoms with E-state index in [1.165, 1.54) is 38.2 Å². The number of rotatable bonds is 1. The second-order valence-corrected chi connectivity index (χ2v) is 5.54. The highest BCUT2D eigenvalue weighted by atomic mass is 14.1. The monoisotopic (exact) mass is 268 g/mol. The Morgan fingerprint density at radius 3 is 2.14 bits per heavy atom. The van der Waals surface area contributed by atoms with E-state index >= 15 is 0 Å². The molecule has 0 radical (unpaired) electrons. The molecule has 4 rings (SSSR count). The van der Waals surface area contributed by atoms with Gasteiger partial charge in [0.25, 0.3) is 0 Å². The summed E-state index contributed by atoms with van der Waals surface area (Å²) in [5, 5.41) is 5.24. The molecule has 4 aromatic carbocycles. The first kappa shape index (κ1) is 12.2. The summed E-state index contributed by atoms with van der Waals surface area (Å²) >= 11 is 0. The van der Waals surface area contributed by atoms with Crippen LogP contribution in [0.2, 0.25) is 0 Å². The molecule has 4 aromatic rings. The average Bonchev–Trinajstić information content (AvgIpc) is 2.55. The SMILES string of the molecule is Cc1ccc(-c2ccc3ccccc3c2)c2ccccc12. The van der Waals surface area contributed by atoms with E-state index in [1.807, 2.05) is 0 Å². The largest absolute Gasteiger partial charge is 0.0616 e. The lowest BCUT2D eigenvalue weighted by Gasteiger charge is -2.10. The Hall–Kier alpha value is -2.60. The standard InChI is InChI=1S/C21H16/c1-15-10-13-20(21-9-5-4-8-19(15)21)18-12-11-16-6-2-3-7-17(16)14-18/h2-14H,1H3. The normalized spacial score (nSPS) is 11.1. The van der Waals surface area contributed by atoms with Crippen molar-refractivity contribution in [3.63, 3.8) is 0 Å². The summed E-state index contributed by atoms with van der Waals surface area (Å²) < 4.78 is 0. The zero-order valence-corrected chi connectivity index (χ0v) is 12.0. The maximum Gasteiger partial charge on any atom is -0.0103 e. The van der Waals surface area contributed by atoms with E-state index in [0.717, 1.165) is 0 Å². The predicted octanol–water partition coefficient (Wildman–Crippen LogP) is 5.97. The van der Waals surface area contributed by atoms with Gasteiger partial charge < -0.3 is 0 Å². The molecule has 0 aliphatic rings. The van der Waals surface area contributed by atoms with Crippen molar-refractivity contribution in [2.24, 2.45) is 0 Å². The number of fused-ring (bicyclic) bond motifs is 2. The Labute approximate surface area is 124 Å². The van der Waals surface area contributed by atoms with Gasteiger partial charge in [-0.15, -0.1) is 0 Å². The van der Waals surface area contributed by atoms with Crippen LogP contribution in [0.15, 0.2) is 78.9 Å². The third-order valence-electron chi connectivity index (χ3n) is 4.20. The fraction of sp³-hybridized carbons (Fsp3) is 0.0476. The molecule has 0 amide bonds. The number of aryl methyl sites for hydroxylation is 1. The van der Waals surface area contributed by atoms with Crippen LogP contribution in [0, 0.1) is 6.92 Å². The van der Waals surface area contributed by atoms with E-state index in [-0.39, 0.29) is 0 Å². The molecule has 0 aliphatic heterocycles. The molecule has 0 aliphatic carbocycles. The molecule has 0 spiro atoms. The number of hydrogen-bond acceptors (Lipinski definition) is 0. The second kappa shape index (κ2) is 4.75. The summed E-state index contributed by atoms with van der Waals surface area (Å²) in [6.07, 6.45) is 0. The van der Waals surface area contributed by atoms with Crippen LogP contribution in [0.25, 0.3) is 32.7 Å². The number of benzene rings is 4. The van der Waals surface area contributed by atoms with E-state index in [2.05, 4.69) is 85.8 Å². The summed E-state index contributed by atoms with van der Waals surface area (Å²) in [4.78, 5) is 0. The fourth-order valence-electron chi connectivity index (χ4n) is 3.06. The molecule has 0 N–H and O–H groups in total. The molecule has 21 heavy (non-hydrogen) atoms. The molecule has 0 atom stereocenters. The average molecular weight is 268 g/mol. The van der Waals surface area contributed by atoms with Crippen molar-refractivity contribution in [2.75, 3.05) is 0 Å². The highest BCUT2D eigenvalue weighted by Crippen LogP contribution is 2.32. The third kappa shape index (κ3) is 2.00. The zero-order chi connectivity index (χ0) is 14.2. The van der Waals surface area contributed by atoms with Crippen molar-refractivity contribution in [1.29, 1.82) is 0 Å². The molecule has 100 valence electrons. The van der Waals surface area contributed by atoms with E-state index in [0.29, 0.717) is 0 Å². The van der Waals surface area contributed by atoms with Crippen LogP contribution in [0.3, 0.4) is 0 Å². The minimum Gasteiger partial charge on any atom is -0.0616 e. The topological polar surface area (TPSA) is 0 Å². The molecule has 0 unspecified atom stereocenters. The maximum atomic E-state index is 2.28. The summed E-state index contributed by atoms with van der Waals surface area (Å²) in [6, 6.07) is 28.3. The quantitative estimate of drug-likeness (QED) is 0.399. The first-order valence-electron chi connectivity index (χ1n) is 7.30. The molecule has 0 nitrogen and oxygen atoms in total. The Morgan fingerprint density at radius 2 is 1.29 bits per heavy atom. The van der Waals surface area contributed by atoms with Gasteiger partial charge in [-0.25, -0.2) is 0 Å². The molecular weight excluding hydrogens is 252 g/mol. The molecule has 0 fully saturated rings. The van der Waals surface area contributed by atoms with E-state index in [1.54, 1.807) is 0 Å². The van der Waals surface area contributed by atoms with Crippen molar-refractivity contribution in [3.8, 4) is 11.1 Å². The first-order valence-corrected chi connectivity index (χ1v) is 7.30. The van der Waals surface area contributed by atoms with Crippen molar-refractivity contribution < 1.29 is 0 Å². The van der Waals surface area contributed by atoms with E-state index in [9.17, 15) is 0 Å². The Kier molecular flexibility index (Phi) is 2.75. The van der Waals surface area contributed by atoms with E-state index < -0.39 is 0 Å². The van der Waals surface area contributed by atoms with Crippen LogP contribution in [0.5, 0.6) is 0 Å². The molecule has 0 bridgehead atoms. The summed E-state index contributed by atoms with van der Waals surface area (Å²) in [5.74, 6) is 0. The van der Waals surface area contributed by atoms with Gasteiger partial charge >= 0.3 is 0 Å². The predicted molar refractivity (Wildman–Crippen MR) is 91.6 cm³/mol. The highest BCUT2D eigenvalue weighted by Gasteiger charge is 2.06. The molecule has 0 aromatic heterocycles. The van der Waals surface area contributed by atoms with Crippen molar-refractivity contribution in [1.82, 2.24) is 0 Å². The van der Waals surface area contributed by atoms with Crippen LogP contribution in [-0.2, 0) is 0 Å². The maximum absolute atomic E-state index is 2.28. The van der Waals surface area contributed by atoms with Crippen LogP contribution >= 0.6 is 0 Å². The van der Waals surface area contributed by atoms with Crippen LogP contribution in [0.1, 0.15) is 5.56 Å². The van der Waals surface area contributed by atoms with Gasteiger partial charge in [0, 0.05) is 0 Å². The van der Waals surface area contributed by atoms with Gasteiger partial charge in [-0.05, 0) is 51.2 Å².